The maximum atomic E-state index is 12.5. The van der Waals surface area contributed by atoms with Crippen LogP contribution in [0.4, 0.5) is 0 Å². The van der Waals surface area contributed by atoms with Gasteiger partial charge in [-0.25, -0.2) is 0 Å². The topological polar surface area (TPSA) is 49.8 Å². The number of rotatable bonds is 9. The molecular weight excluding hydrogens is 386 g/mol. The Morgan fingerprint density at radius 2 is 1.77 bits per heavy atom. The van der Waals surface area contributed by atoms with Crippen molar-refractivity contribution < 1.29 is 14.6 Å². The summed E-state index contributed by atoms with van der Waals surface area (Å²) in [4.78, 5) is 14.3. The Morgan fingerprint density at radius 1 is 1.10 bits per heavy atom. The molecule has 1 aliphatic heterocycles. The van der Waals surface area contributed by atoms with Crippen LogP contribution in [0.2, 0.25) is 0 Å². The van der Waals surface area contributed by atoms with Crippen molar-refractivity contribution in [2.24, 2.45) is 0 Å². The monoisotopic (exact) mass is 423 g/mol. The molecule has 0 saturated heterocycles. The number of aryl methyl sites for hydroxylation is 1. The maximum Gasteiger partial charge on any atom is 0.223 e. The zero-order chi connectivity index (χ0) is 22.6. The molecule has 4 nitrogen and oxygen atoms in total. The van der Waals surface area contributed by atoms with Crippen LogP contribution in [-0.2, 0) is 24.1 Å². The zero-order valence-corrected chi connectivity index (χ0v) is 19.6. The van der Waals surface area contributed by atoms with Gasteiger partial charge in [-0.2, -0.15) is 0 Å². The third kappa shape index (κ3) is 5.88. The molecule has 3 rings (SSSR count). The molecule has 0 aliphatic carbocycles. The van der Waals surface area contributed by atoms with Crippen LogP contribution in [0.3, 0.4) is 0 Å². The molecule has 0 radical (unpaired) electrons. The normalized spacial score (nSPS) is 17.7. The third-order valence-electron chi connectivity index (χ3n) is 6.18. The minimum Gasteiger partial charge on any atom is -0.487 e. The van der Waals surface area contributed by atoms with E-state index < -0.39 is 0 Å². The Bertz CT molecular complexity index is 888. The van der Waals surface area contributed by atoms with E-state index in [1.807, 2.05) is 13.8 Å². The summed E-state index contributed by atoms with van der Waals surface area (Å²) in [6.07, 6.45) is 2.91. The van der Waals surface area contributed by atoms with Crippen LogP contribution >= 0.6 is 0 Å². The predicted octanol–water partition coefficient (Wildman–Crippen LogP) is 4.91. The zero-order valence-electron chi connectivity index (χ0n) is 19.6. The first-order valence-electron chi connectivity index (χ1n) is 11.5. The highest BCUT2D eigenvalue weighted by Crippen LogP contribution is 2.37. The number of aliphatic hydroxyl groups excluding tert-OH is 1. The molecule has 0 fully saturated rings. The van der Waals surface area contributed by atoms with Crippen LogP contribution in [0, 0.1) is 0 Å². The molecule has 31 heavy (non-hydrogen) atoms. The second kappa shape index (κ2) is 9.86. The first-order valence-corrected chi connectivity index (χ1v) is 11.5. The van der Waals surface area contributed by atoms with Gasteiger partial charge in [0.1, 0.15) is 11.4 Å². The largest absolute Gasteiger partial charge is 0.487 e. The molecule has 0 saturated carbocycles. The lowest BCUT2D eigenvalue weighted by molar-refractivity contribution is -0.133. The molecule has 1 N–H and O–H groups in total. The first-order chi connectivity index (χ1) is 14.7. The SMILES string of the molecule is CC(C)c1ccc(C[C@@]2(C)Cc3cc(CCC(=O)N(CCO)C(C)C)ccc3O2)cc1. The van der Waals surface area contributed by atoms with Gasteiger partial charge in [-0.1, -0.05) is 50.2 Å². The molecular formula is C27H37NO3. The van der Waals surface area contributed by atoms with E-state index in [1.165, 1.54) is 16.7 Å². The fourth-order valence-electron chi connectivity index (χ4n) is 4.45. The molecule has 1 heterocycles. The number of nitrogens with zero attached hydrogens (tertiary/aromatic N) is 1. The predicted molar refractivity (Wildman–Crippen MR) is 126 cm³/mol. The van der Waals surface area contributed by atoms with Crippen LogP contribution < -0.4 is 4.74 Å². The van der Waals surface area contributed by atoms with Crippen molar-refractivity contribution in [3.8, 4) is 5.75 Å². The van der Waals surface area contributed by atoms with Crippen molar-refractivity contribution in [2.45, 2.75) is 77.9 Å². The van der Waals surface area contributed by atoms with Crippen molar-refractivity contribution in [3.63, 3.8) is 0 Å². The van der Waals surface area contributed by atoms with E-state index in [4.69, 9.17) is 4.74 Å². The van der Waals surface area contributed by atoms with Gasteiger partial charge in [-0.15, -0.1) is 0 Å². The standard InChI is InChI=1S/C27H37NO3/c1-19(2)23-10-6-22(7-11-23)17-27(5)18-24-16-21(8-12-25(24)31-27)9-13-26(30)28(14-15-29)20(3)4/h6-8,10-12,16,19-20,29H,9,13-15,17-18H2,1-5H3/t27-/m0/s1. The number of amides is 1. The highest BCUT2D eigenvalue weighted by atomic mass is 16.5. The fourth-order valence-corrected chi connectivity index (χ4v) is 4.45. The second-order valence-corrected chi connectivity index (χ2v) is 9.65. The molecule has 168 valence electrons. The molecule has 2 aromatic rings. The highest BCUT2D eigenvalue weighted by molar-refractivity contribution is 5.76. The maximum absolute atomic E-state index is 12.5. The van der Waals surface area contributed by atoms with Crippen molar-refractivity contribution in [3.05, 3.63) is 64.7 Å². The van der Waals surface area contributed by atoms with Crippen molar-refractivity contribution in [2.75, 3.05) is 13.2 Å². The molecule has 1 aliphatic rings. The summed E-state index contributed by atoms with van der Waals surface area (Å²) in [6, 6.07) is 15.3. The molecule has 1 atom stereocenters. The molecule has 1 amide bonds. The summed E-state index contributed by atoms with van der Waals surface area (Å²) in [7, 11) is 0. The number of benzene rings is 2. The average molecular weight is 424 g/mol. The van der Waals surface area contributed by atoms with Crippen LogP contribution in [0.25, 0.3) is 0 Å². The average Bonchev–Trinajstić information content (AvgIpc) is 3.05. The van der Waals surface area contributed by atoms with Crippen LogP contribution in [0.5, 0.6) is 5.75 Å². The van der Waals surface area contributed by atoms with Gasteiger partial charge in [0.25, 0.3) is 0 Å². The van der Waals surface area contributed by atoms with E-state index in [-0.39, 0.29) is 24.2 Å². The minimum atomic E-state index is -0.244. The van der Waals surface area contributed by atoms with E-state index >= 15 is 0 Å². The van der Waals surface area contributed by atoms with Gasteiger partial charge in [0.2, 0.25) is 5.91 Å². The van der Waals surface area contributed by atoms with Crippen molar-refractivity contribution in [1.29, 1.82) is 0 Å². The number of fused-ring (bicyclic) bond motifs is 1. The number of carbonyl (C=O) groups is 1. The molecule has 0 bridgehead atoms. The number of hydrogen-bond acceptors (Lipinski definition) is 3. The van der Waals surface area contributed by atoms with E-state index in [0.717, 1.165) is 24.2 Å². The fraction of sp³-hybridized carbons (Fsp3) is 0.519. The molecule has 4 heteroatoms. The summed E-state index contributed by atoms with van der Waals surface area (Å²) < 4.78 is 6.36. The Morgan fingerprint density at radius 3 is 2.39 bits per heavy atom. The summed E-state index contributed by atoms with van der Waals surface area (Å²) in [5.41, 5.74) is 4.80. The Hall–Kier alpha value is -2.33. The van der Waals surface area contributed by atoms with E-state index in [2.05, 4.69) is 63.2 Å². The lowest BCUT2D eigenvalue weighted by atomic mass is 9.90. The molecule has 2 aromatic carbocycles. The third-order valence-corrected chi connectivity index (χ3v) is 6.18. The summed E-state index contributed by atoms with van der Waals surface area (Å²) in [5.74, 6) is 1.59. The second-order valence-electron chi connectivity index (χ2n) is 9.65. The van der Waals surface area contributed by atoms with Crippen molar-refractivity contribution in [1.82, 2.24) is 4.90 Å². The minimum absolute atomic E-state index is 0.00111. The highest BCUT2D eigenvalue weighted by Gasteiger charge is 2.35. The summed E-state index contributed by atoms with van der Waals surface area (Å²) in [5, 5.41) is 9.21. The quantitative estimate of drug-likeness (QED) is 0.624. The van der Waals surface area contributed by atoms with Gasteiger partial charge in [0.05, 0.1) is 6.61 Å². The van der Waals surface area contributed by atoms with Gasteiger partial charge in [-0.3, -0.25) is 4.79 Å². The molecule has 0 spiro atoms. The smallest absolute Gasteiger partial charge is 0.223 e. The van der Waals surface area contributed by atoms with E-state index in [9.17, 15) is 9.90 Å². The number of hydrogen-bond donors (Lipinski definition) is 1. The van der Waals surface area contributed by atoms with E-state index in [1.54, 1.807) is 4.90 Å². The Kier molecular flexibility index (Phi) is 7.42. The molecule has 0 aromatic heterocycles. The van der Waals surface area contributed by atoms with Gasteiger partial charge in [0, 0.05) is 31.8 Å². The number of ether oxygens (including phenoxy) is 1. The lowest BCUT2D eigenvalue weighted by Crippen LogP contribution is -2.39. The van der Waals surface area contributed by atoms with Gasteiger partial charge in [0.15, 0.2) is 0 Å². The van der Waals surface area contributed by atoms with Crippen LogP contribution in [-0.4, -0.2) is 40.7 Å². The molecule has 0 unspecified atom stereocenters. The van der Waals surface area contributed by atoms with Crippen molar-refractivity contribution >= 4 is 5.91 Å². The number of aliphatic hydroxyl groups is 1. The van der Waals surface area contributed by atoms with Crippen LogP contribution in [0.15, 0.2) is 42.5 Å². The van der Waals surface area contributed by atoms with Gasteiger partial charge >= 0.3 is 0 Å². The van der Waals surface area contributed by atoms with E-state index in [0.29, 0.717) is 25.3 Å². The Balaban J connectivity index is 1.62. The lowest BCUT2D eigenvalue weighted by Gasteiger charge is -2.26. The van der Waals surface area contributed by atoms with Gasteiger partial charge < -0.3 is 14.7 Å². The number of carbonyl (C=O) groups excluding carboxylic acids is 1. The summed E-state index contributed by atoms with van der Waals surface area (Å²) >= 11 is 0. The van der Waals surface area contributed by atoms with Gasteiger partial charge in [-0.05, 0) is 61.4 Å². The summed E-state index contributed by atoms with van der Waals surface area (Å²) in [6.45, 7) is 11.0. The first kappa shape index (κ1) is 23.3. The Labute approximate surface area is 187 Å². The van der Waals surface area contributed by atoms with Crippen LogP contribution in [0.1, 0.15) is 69.2 Å².